The number of rotatable bonds is 3. The third-order valence-electron chi connectivity index (χ3n) is 5.93. The first-order chi connectivity index (χ1) is 12.4. The zero-order valence-electron chi connectivity index (χ0n) is 17.3. The van der Waals surface area contributed by atoms with Gasteiger partial charge in [0.15, 0.2) is 0 Å². The van der Waals surface area contributed by atoms with Gasteiger partial charge in [-0.25, -0.2) is 9.78 Å². The molecular weight excluding hydrogens is 360 g/mol. The molecule has 1 aliphatic carbocycles. The van der Waals surface area contributed by atoms with Crippen molar-refractivity contribution in [3.8, 4) is 0 Å². The van der Waals surface area contributed by atoms with E-state index >= 15 is 0 Å². The summed E-state index contributed by atoms with van der Waals surface area (Å²) < 4.78 is 1.41. The number of aromatic nitrogens is 2. The van der Waals surface area contributed by atoms with Gasteiger partial charge >= 0.3 is 5.97 Å². The molecule has 1 unspecified atom stereocenters. The second-order valence-corrected chi connectivity index (χ2v) is 10.7. The van der Waals surface area contributed by atoms with Crippen molar-refractivity contribution in [3.63, 3.8) is 0 Å². The van der Waals surface area contributed by atoms with E-state index in [9.17, 15) is 14.7 Å². The van der Waals surface area contributed by atoms with Crippen molar-refractivity contribution in [1.82, 2.24) is 9.55 Å². The monoisotopic (exact) mass is 390 g/mol. The normalized spacial score (nSPS) is 18.1. The van der Waals surface area contributed by atoms with Crippen LogP contribution in [-0.4, -0.2) is 20.6 Å². The molecule has 0 aliphatic heterocycles. The minimum Gasteiger partial charge on any atom is -0.480 e. The maximum absolute atomic E-state index is 13.5. The zero-order chi connectivity index (χ0) is 20.3. The number of carboxylic acid groups (broad SMARTS) is 1. The number of nitrogens with zero attached hydrogens (tertiary/aromatic N) is 2. The van der Waals surface area contributed by atoms with E-state index in [0.717, 1.165) is 29.7 Å². The standard InChI is InChI=1S/C21H30N2O3S/c1-11(2)16-22-17-15(18(24)23(16)21(6,7)19(25)26)13-9-8-12(20(3,4)5)10-14(13)27-17/h11-12H,8-10H2,1-7H3,(H,25,26). The average Bonchev–Trinajstić information content (AvgIpc) is 2.90. The largest absolute Gasteiger partial charge is 0.480 e. The van der Waals surface area contributed by atoms with Crippen LogP contribution in [0.5, 0.6) is 0 Å². The summed E-state index contributed by atoms with van der Waals surface area (Å²) in [5, 5.41) is 10.4. The highest BCUT2D eigenvalue weighted by Crippen LogP contribution is 2.42. The molecular formula is C21H30N2O3S. The molecule has 0 amide bonds. The van der Waals surface area contributed by atoms with Gasteiger partial charge in [0.05, 0.1) is 5.39 Å². The Morgan fingerprint density at radius 1 is 1.26 bits per heavy atom. The Morgan fingerprint density at radius 2 is 1.89 bits per heavy atom. The average molecular weight is 391 g/mol. The van der Waals surface area contributed by atoms with Gasteiger partial charge in [0.1, 0.15) is 16.2 Å². The number of fused-ring (bicyclic) bond motifs is 3. The predicted octanol–water partition coefficient (Wildman–Crippen LogP) is 4.55. The topological polar surface area (TPSA) is 72.2 Å². The van der Waals surface area contributed by atoms with E-state index in [-0.39, 0.29) is 16.9 Å². The minimum absolute atomic E-state index is 0.0397. The highest BCUT2D eigenvalue weighted by Gasteiger charge is 2.37. The molecule has 2 heterocycles. The summed E-state index contributed by atoms with van der Waals surface area (Å²) in [6, 6.07) is 0. The number of aryl methyl sites for hydroxylation is 1. The highest BCUT2D eigenvalue weighted by atomic mass is 32.1. The second kappa shape index (κ2) is 6.43. The molecule has 148 valence electrons. The summed E-state index contributed by atoms with van der Waals surface area (Å²) in [7, 11) is 0. The summed E-state index contributed by atoms with van der Waals surface area (Å²) in [6.07, 6.45) is 2.89. The number of hydrogen-bond donors (Lipinski definition) is 1. The SMILES string of the molecule is CC(C)c1nc2sc3c(c2c(=O)n1C(C)(C)C(=O)O)CCC(C(C)(C)C)C3. The van der Waals surface area contributed by atoms with E-state index in [2.05, 4.69) is 20.8 Å². The second-order valence-electron chi connectivity index (χ2n) is 9.62. The first-order valence-electron chi connectivity index (χ1n) is 9.66. The van der Waals surface area contributed by atoms with Gasteiger partial charge < -0.3 is 5.11 Å². The Labute approximate surface area is 164 Å². The van der Waals surface area contributed by atoms with Crippen LogP contribution < -0.4 is 5.56 Å². The van der Waals surface area contributed by atoms with Gasteiger partial charge in [0.2, 0.25) is 0 Å². The lowest BCUT2D eigenvalue weighted by Gasteiger charge is -2.33. The van der Waals surface area contributed by atoms with Gasteiger partial charge in [-0.05, 0) is 50.0 Å². The Hall–Kier alpha value is -1.69. The number of hydrogen-bond acceptors (Lipinski definition) is 4. The fourth-order valence-corrected chi connectivity index (χ4v) is 5.30. The molecule has 0 spiro atoms. The van der Waals surface area contributed by atoms with Crippen LogP contribution in [0.4, 0.5) is 0 Å². The summed E-state index contributed by atoms with van der Waals surface area (Å²) in [6.45, 7) is 13.9. The fourth-order valence-electron chi connectivity index (χ4n) is 4.00. The molecule has 0 aromatic carbocycles. The van der Waals surface area contributed by atoms with Crippen LogP contribution in [0.25, 0.3) is 10.2 Å². The first kappa shape index (κ1) is 20.1. The zero-order valence-corrected chi connectivity index (χ0v) is 18.2. The van der Waals surface area contributed by atoms with Crippen molar-refractivity contribution in [1.29, 1.82) is 0 Å². The van der Waals surface area contributed by atoms with Crippen LogP contribution in [-0.2, 0) is 23.2 Å². The van der Waals surface area contributed by atoms with Crippen LogP contribution in [0.15, 0.2) is 4.79 Å². The van der Waals surface area contributed by atoms with Gasteiger partial charge in [-0.1, -0.05) is 34.6 Å². The quantitative estimate of drug-likeness (QED) is 0.834. The Balaban J connectivity index is 2.28. The van der Waals surface area contributed by atoms with E-state index < -0.39 is 11.5 Å². The van der Waals surface area contributed by atoms with Crippen molar-refractivity contribution in [2.75, 3.05) is 0 Å². The lowest BCUT2D eigenvalue weighted by Crippen LogP contribution is -2.45. The summed E-state index contributed by atoms with van der Waals surface area (Å²) in [4.78, 5) is 32.2. The molecule has 27 heavy (non-hydrogen) atoms. The van der Waals surface area contributed by atoms with Crippen molar-refractivity contribution < 1.29 is 9.90 Å². The number of thiophene rings is 1. The molecule has 0 bridgehead atoms. The van der Waals surface area contributed by atoms with E-state index in [1.165, 1.54) is 9.44 Å². The van der Waals surface area contributed by atoms with Gasteiger partial charge in [-0.2, -0.15) is 0 Å². The number of carboxylic acids is 1. The molecule has 0 saturated heterocycles. The molecule has 1 aliphatic rings. The Bertz CT molecular complexity index is 960. The van der Waals surface area contributed by atoms with Gasteiger partial charge in [-0.15, -0.1) is 11.3 Å². The highest BCUT2D eigenvalue weighted by molar-refractivity contribution is 7.18. The van der Waals surface area contributed by atoms with E-state index in [1.54, 1.807) is 25.2 Å². The molecule has 2 aromatic heterocycles. The maximum Gasteiger partial charge on any atom is 0.329 e. The van der Waals surface area contributed by atoms with Gasteiger partial charge in [0.25, 0.3) is 5.56 Å². The van der Waals surface area contributed by atoms with Crippen LogP contribution in [0.1, 0.15) is 77.1 Å². The van der Waals surface area contributed by atoms with Crippen LogP contribution in [0.3, 0.4) is 0 Å². The van der Waals surface area contributed by atoms with E-state index in [0.29, 0.717) is 17.1 Å². The molecule has 0 fully saturated rings. The third-order valence-corrected chi connectivity index (χ3v) is 7.08. The van der Waals surface area contributed by atoms with Crippen molar-refractivity contribution in [2.45, 2.75) is 79.2 Å². The van der Waals surface area contributed by atoms with Crippen molar-refractivity contribution in [3.05, 3.63) is 26.6 Å². The predicted molar refractivity (Wildman–Crippen MR) is 110 cm³/mol. The lowest BCUT2D eigenvalue weighted by atomic mass is 9.72. The number of carbonyl (C=O) groups is 1. The molecule has 0 radical (unpaired) electrons. The molecule has 2 aromatic rings. The molecule has 0 saturated carbocycles. The smallest absolute Gasteiger partial charge is 0.329 e. The van der Waals surface area contributed by atoms with Crippen molar-refractivity contribution in [2.24, 2.45) is 11.3 Å². The van der Waals surface area contributed by atoms with Crippen LogP contribution in [0.2, 0.25) is 0 Å². The minimum atomic E-state index is -1.34. The van der Waals surface area contributed by atoms with Crippen molar-refractivity contribution >= 4 is 27.5 Å². The lowest BCUT2D eigenvalue weighted by molar-refractivity contribution is -0.146. The molecule has 5 nitrogen and oxygen atoms in total. The molecule has 1 N–H and O–H groups in total. The molecule has 3 rings (SSSR count). The fraction of sp³-hybridized carbons (Fsp3) is 0.667. The maximum atomic E-state index is 13.5. The summed E-state index contributed by atoms with van der Waals surface area (Å²) >= 11 is 1.62. The third kappa shape index (κ3) is 3.22. The van der Waals surface area contributed by atoms with Gasteiger partial charge in [-0.3, -0.25) is 9.36 Å². The molecule has 1 atom stereocenters. The summed E-state index contributed by atoms with van der Waals surface area (Å²) in [5.74, 6) is 0.0675. The number of aliphatic carboxylic acids is 1. The van der Waals surface area contributed by atoms with Crippen LogP contribution in [0, 0.1) is 11.3 Å². The first-order valence-corrected chi connectivity index (χ1v) is 10.5. The molecule has 6 heteroatoms. The van der Waals surface area contributed by atoms with Gasteiger partial charge in [0, 0.05) is 10.8 Å². The Kier molecular flexibility index (Phi) is 4.78. The summed E-state index contributed by atoms with van der Waals surface area (Å²) in [5.41, 5.74) is -0.216. The Morgan fingerprint density at radius 3 is 2.41 bits per heavy atom. The van der Waals surface area contributed by atoms with E-state index in [4.69, 9.17) is 4.98 Å². The van der Waals surface area contributed by atoms with Crippen LogP contribution >= 0.6 is 11.3 Å². The van der Waals surface area contributed by atoms with E-state index in [1.807, 2.05) is 13.8 Å².